The number of hydrogen-bond donors (Lipinski definition) is 0. The third-order valence-electron chi connectivity index (χ3n) is 4.56. The highest BCUT2D eigenvalue weighted by Gasteiger charge is 2.15. The summed E-state index contributed by atoms with van der Waals surface area (Å²) in [6.07, 6.45) is 1.65. The molecule has 0 bridgehead atoms. The molecular formula is C22H14FN3O3S. The third kappa shape index (κ3) is 3.17. The lowest BCUT2D eigenvalue weighted by Crippen LogP contribution is -2.23. The monoisotopic (exact) mass is 419 g/mol. The molecule has 6 nitrogen and oxygen atoms in total. The van der Waals surface area contributed by atoms with E-state index in [2.05, 4.69) is 10.1 Å². The number of para-hydroxylation sites is 1. The molecule has 0 aliphatic rings. The van der Waals surface area contributed by atoms with Gasteiger partial charge in [0.2, 0.25) is 4.96 Å². The molecule has 148 valence electrons. The molecule has 0 fully saturated rings. The van der Waals surface area contributed by atoms with Crippen molar-refractivity contribution in [2.75, 3.05) is 7.11 Å². The fraction of sp³-hybridized carbons (Fsp3) is 0.0455. The number of rotatable bonds is 4. The van der Waals surface area contributed by atoms with Gasteiger partial charge < -0.3 is 9.15 Å². The van der Waals surface area contributed by atoms with Crippen molar-refractivity contribution in [2.45, 2.75) is 0 Å². The van der Waals surface area contributed by atoms with Crippen LogP contribution in [0.5, 0.6) is 5.75 Å². The molecule has 3 aromatic heterocycles. The number of hydrogen-bond acceptors (Lipinski definition) is 6. The van der Waals surface area contributed by atoms with Gasteiger partial charge >= 0.3 is 0 Å². The van der Waals surface area contributed by atoms with E-state index in [1.165, 1.54) is 28.0 Å². The van der Waals surface area contributed by atoms with Crippen molar-refractivity contribution in [2.24, 2.45) is 0 Å². The molecule has 0 spiro atoms. The van der Waals surface area contributed by atoms with Crippen LogP contribution in [0.15, 0.2) is 69.9 Å². The van der Waals surface area contributed by atoms with E-state index in [1.807, 2.05) is 24.3 Å². The summed E-state index contributed by atoms with van der Waals surface area (Å²) < 4.78 is 26.0. The molecule has 3 heterocycles. The minimum absolute atomic E-state index is 0.275. The predicted molar refractivity (Wildman–Crippen MR) is 112 cm³/mol. The van der Waals surface area contributed by atoms with Crippen molar-refractivity contribution in [3.05, 3.63) is 87.1 Å². The van der Waals surface area contributed by atoms with Crippen LogP contribution in [0, 0.1) is 5.82 Å². The summed E-state index contributed by atoms with van der Waals surface area (Å²) in [5, 5.41) is 4.35. The van der Waals surface area contributed by atoms with Gasteiger partial charge in [0.1, 0.15) is 27.6 Å². The number of ether oxygens (including phenoxy) is 1. The van der Waals surface area contributed by atoms with Crippen molar-refractivity contribution < 1.29 is 13.5 Å². The topological polar surface area (TPSA) is 69.6 Å². The molecule has 8 heteroatoms. The van der Waals surface area contributed by atoms with E-state index in [1.54, 1.807) is 37.5 Å². The Kier molecular flexibility index (Phi) is 4.40. The maximum Gasteiger partial charge on any atom is 0.291 e. The first-order chi connectivity index (χ1) is 14.6. The molecule has 0 amide bonds. The maximum atomic E-state index is 13.1. The van der Waals surface area contributed by atoms with Crippen LogP contribution in [0.2, 0.25) is 0 Å². The SMILES string of the molecule is COc1ccccc1-c1nc2s/c(=C\c3ccc(-c4ccc(F)cc4)o3)c(=O)n2n1. The summed E-state index contributed by atoms with van der Waals surface area (Å²) in [6.45, 7) is 0. The van der Waals surface area contributed by atoms with Gasteiger partial charge in [0, 0.05) is 11.6 Å². The van der Waals surface area contributed by atoms with Crippen LogP contribution >= 0.6 is 11.3 Å². The predicted octanol–water partition coefficient (Wildman–Crippen LogP) is 3.77. The largest absolute Gasteiger partial charge is 0.496 e. The Bertz CT molecular complexity index is 1470. The molecule has 0 saturated heterocycles. The Labute approximate surface area is 173 Å². The van der Waals surface area contributed by atoms with Crippen LogP contribution in [-0.4, -0.2) is 21.7 Å². The van der Waals surface area contributed by atoms with Crippen molar-refractivity contribution >= 4 is 22.4 Å². The zero-order valence-corrected chi connectivity index (χ0v) is 16.5. The Morgan fingerprint density at radius 2 is 1.90 bits per heavy atom. The van der Waals surface area contributed by atoms with Crippen molar-refractivity contribution in [3.8, 4) is 28.5 Å². The molecule has 0 atom stereocenters. The molecule has 0 saturated carbocycles. The molecule has 5 rings (SSSR count). The fourth-order valence-electron chi connectivity index (χ4n) is 3.11. The average molecular weight is 419 g/mol. The summed E-state index contributed by atoms with van der Waals surface area (Å²) in [6, 6.07) is 16.9. The Morgan fingerprint density at radius 1 is 1.10 bits per heavy atom. The van der Waals surface area contributed by atoms with E-state index < -0.39 is 0 Å². The maximum absolute atomic E-state index is 13.1. The zero-order chi connectivity index (χ0) is 20.7. The first-order valence-electron chi connectivity index (χ1n) is 9.03. The first kappa shape index (κ1) is 18.3. The molecule has 0 radical (unpaired) electrons. The van der Waals surface area contributed by atoms with Gasteiger partial charge in [-0.15, -0.1) is 5.10 Å². The summed E-state index contributed by atoms with van der Waals surface area (Å²) in [5.74, 6) is 1.86. The molecule has 0 aliphatic heterocycles. The van der Waals surface area contributed by atoms with Crippen LogP contribution in [0.1, 0.15) is 5.76 Å². The number of furan rings is 1. The molecule has 2 aromatic carbocycles. The lowest BCUT2D eigenvalue weighted by atomic mass is 10.2. The summed E-state index contributed by atoms with van der Waals surface area (Å²) in [5.41, 5.74) is 1.20. The van der Waals surface area contributed by atoms with Gasteiger partial charge in [-0.1, -0.05) is 23.5 Å². The van der Waals surface area contributed by atoms with E-state index in [9.17, 15) is 9.18 Å². The molecule has 0 unspecified atom stereocenters. The first-order valence-corrected chi connectivity index (χ1v) is 9.84. The molecule has 5 aromatic rings. The number of fused-ring (bicyclic) bond motifs is 1. The lowest BCUT2D eigenvalue weighted by molar-refractivity contribution is 0.416. The third-order valence-corrected chi connectivity index (χ3v) is 5.52. The second kappa shape index (κ2) is 7.23. The number of benzene rings is 2. The van der Waals surface area contributed by atoms with E-state index in [4.69, 9.17) is 9.15 Å². The lowest BCUT2D eigenvalue weighted by Gasteiger charge is -2.03. The number of aromatic nitrogens is 3. The second-order valence-electron chi connectivity index (χ2n) is 6.45. The zero-order valence-electron chi connectivity index (χ0n) is 15.7. The minimum Gasteiger partial charge on any atom is -0.496 e. The number of halogens is 1. The van der Waals surface area contributed by atoms with Gasteiger partial charge in [0.05, 0.1) is 12.7 Å². The van der Waals surface area contributed by atoms with Crippen LogP contribution in [0.25, 0.3) is 33.7 Å². The molecular weight excluding hydrogens is 405 g/mol. The van der Waals surface area contributed by atoms with Crippen molar-refractivity contribution in [1.82, 2.24) is 14.6 Å². The van der Waals surface area contributed by atoms with Crippen LogP contribution in [-0.2, 0) is 0 Å². The smallest absolute Gasteiger partial charge is 0.291 e. The van der Waals surface area contributed by atoms with E-state index in [-0.39, 0.29) is 11.4 Å². The van der Waals surface area contributed by atoms with Gasteiger partial charge in [0.15, 0.2) is 5.82 Å². The highest BCUT2D eigenvalue weighted by molar-refractivity contribution is 7.15. The van der Waals surface area contributed by atoms with E-state index in [0.717, 1.165) is 11.1 Å². The molecule has 0 aliphatic carbocycles. The van der Waals surface area contributed by atoms with Crippen LogP contribution < -0.4 is 14.8 Å². The van der Waals surface area contributed by atoms with Gasteiger partial charge in [-0.2, -0.15) is 9.50 Å². The standard InChI is InChI=1S/C22H14FN3O3S/c1-28-18-5-3-2-4-16(18)20-24-22-26(25-20)21(27)19(30-22)12-15-10-11-17(29-15)13-6-8-14(23)9-7-13/h2-12H,1H3/b19-12-. The van der Waals surface area contributed by atoms with E-state index >= 15 is 0 Å². The highest BCUT2D eigenvalue weighted by atomic mass is 32.1. The Balaban J connectivity index is 1.52. The fourth-order valence-corrected chi connectivity index (χ4v) is 3.99. The van der Waals surface area contributed by atoms with Crippen molar-refractivity contribution in [1.29, 1.82) is 0 Å². The second-order valence-corrected chi connectivity index (χ2v) is 7.46. The van der Waals surface area contributed by atoms with Gasteiger partial charge in [-0.3, -0.25) is 4.79 Å². The number of nitrogens with zero attached hydrogens (tertiary/aromatic N) is 3. The highest BCUT2D eigenvalue weighted by Crippen LogP contribution is 2.27. The van der Waals surface area contributed by atoms with Crippen molar-refractivity contribution in [3.63, 3.8) is 0 Å². The van der Waals surface area contributed by atoms with Gasteiger partial charge in [0.25, 0.3) is 5.56 Å². The summed E-state index contributed by atoms with van der Waals surface area (Å²) >= 11 is 1.23. The van der Waals surface area contributed by atoms with Crippen LogP contribution in [0.3, 0.4) is 0 Å². The quantitative estimate of drug-likeness (QED) is 0.444. The summed E-state index contributed by atoms with van der Waals surface area (Å²) in [7, 11) is 1.58. The average Bonchev–Trinajstić information content (AvgIpc) is 3.46. The Morgan fingerprint density at radius 3 is 2.67 bits per heavy atom. The Hall–Kier alpha value is -3.78. The molecule has 0 N–H and O–H groups in total. The number of methoxy groups -OCH3 is 1. The number of thiazole rings is 1. The van der Waals surface area contributed by atoms with Crippen LogP contribution in [0.4, 0.5) is 4.39 Å². The van der Waals surface area contributed by atoms with E-state index in [0.29, 0.717) is 32.6 Å². The normalized spacial score (nSPS) is 12.0. The summed E-state index contributed by atoms with van der Waals surface area (Å²) in [4.78, 5) is 17.7. The van der Waals surface area contributed by atoms with Gasteiger partial charge in [-0.25, -0.2) is 4.39 Å². The minimum atomic E-state index is -0.310. The van der Waals surface area contributed by atoms with Gasteiger partial charge in [-0.05, 0) is 48.5 Å². The molecule has 30 heavy (non-hydrogen) atoms.